The minimum absolute atomic E-state index is 0.166. The molecule has 0 saturated carbocycles. The van der Waals surface area contributed by atoms with Crippen LogP contribution < -0.4 is 42.6 Å². The van der Waals surface area contributed by atoms with Crippen LogP contribution in [0.3, 0.4) is 0 Å². The number of carbonyl (C=O) groups excluding carboxylic acids is 4. The van der Waals surface area contributed by atoms with Crippen LogP contribution in [-0.4, -0.2) is 64.6 Å². The average Bonchev–Trinajstić information content (AvgIpc) is 3.41. The fourth-order valence-electron chi connectivity index (χ4n) is 6.21. The van der Waals surface area contributed by atoms with E-state index in [1.54, 1.807) is 159 Å². The van der Waals surface area contributed by atoms with Crippen LogP contribution in [-0.2, 0) is 9.53 Å². The Morgan fingerprint density at radius 2 is 1.04 bits per heavy atom. The number of nitrogens with zero attached hydrogens (tertiary/aromatic N) is 2. The molecule has 0 spiro atoms. The maximum Gasteiger partial charge on any atom is 0.344 e. The summed E-state index contributed by atoms with van der Waals surface area (Å²) in [4.78, 5) is 66.2. The lowest BCUT2D eigenvalue weighted by molar-refractivity contribution is -0.145. The number of hydrogen-bond acceptors (Lipinski definition) is 13. The Morgan fingerprint density at radius 1 is 0.534 bits per heavy atom. The van der Waals surface area contributed by atoms with Crippen LogP contribution in [0.15, 0.2) is 182 Å². The molecule has 0 fully saturated rings. The molecular weight excluding hydrogens is 929 g/mol. The Labute approximate surface area is 422 Å². The predicted molar refractivity (Wildman–Crippen MR) is 285 cm³/mol. The van der Waals surface area contributed by atoms with Gasteiger partial charge in [0.15, 0.2) is 6.61 Å². The van der Waals surface area contributed by atoms with E-state index in [4.69, 9.17) is 36.5 Å². The topological polar surface area (TPSA) is 273 Å². The second-order valence-corrected chi connectivity index (χ2v) is 15.5. The van der Waals surface area contributed by atoms with E-state index in [-0.39, 0.29) is 24.3 Å². The summed E-state index contributed by atoms with van der Waals surface area (Å²) in [7, 11) is 0. The average molecular weight is 985 g/mol. The fraction of sp³-hybridized carbons (Fsp3) is 0.125. The molecule has 0 saturated heterocycles. The Hall–Kier alpha value is -9.77. The molecule has 0 aliphatic carbocycles. The molecule has 8 rings (SSSR count). The molecule has 0 aliphatic heterocycles. The van der Waals surface area contributed by atoms with Crippen LogP contribution >= 0.6 is 0 Å². The van der Waals surface area contributed by atoms with E-state index in [2.05, 4.69) is 32.8 Å². The number of carboxylic acids is 1. The summed E-state index contributed by atoms with van der Waals surface area (Å²) in [6, 6.07) is 48.5. The molecule has 3 amide bonds. The molecule has 73 heavy (non-hydrogen) atoms. The molecule has 2 heterocycles. The van der Waals surface area contributed by atoms with Crippen LogP contribution in [0.5, 0.6) is 11.5 Å². The number of carbonyl (C=O) groups is 5. The van der Waals surface area contributed by atoms with E-state index in [1.807, 2.05) is 18.2 Å². The van der Waals surface area contributed by atoms with Gasteiger partial charge in [-0.05, 0) is 147 Å². The number of nitrogen functional groups attached to an aromatic ring is 3. The molecule has 0 unspecified atom stereocenters. The number of hydrogen-bond donors (Lipinski definition) is 7. The largest absolute Gasteiger partial charge is 0.494 e. The van der Waals surface area contributed by atoms with Crippen molar-refractivity contribution >= 4 is 74.7 Å². The quantitative estimate of drug-likeness (QED) is 0.0286. The molecule has 8 aromatic rings. The number of carboxylic acid groups (broad SMARTS) is 1. The number of nitrogens with one attached hydrogen (secondary N) is 3. The number of nitrogens with two attached hydrogens (primary N) is 3. The number of aromatic nitrogens is 2. The fourth-order valence-corrected chi connectivity index (χ4v) is 6.21. The zero-order valence-electron chi connectivity index (χ0n) is 40.2. The number of fused-ring (bicyclic) bond motifs is 1. The van der Waals surface area contributed by atoms with Gasteiger partial charge in [0.25, 0.3) is 17.7 Å². The van der Waals surface area contributed by atoms with Crippen molar-refractivity contribution in [3.8, 4) is 11.5 Å². The molecule has 17 nitrogen and oxygen atoms in total. The van der Waals surface area contributed by atoms with Crippen molar-refractivity contribution in [1.29, 1.82) is 0 Å². The van der Waals surface area contributed by atoms with Gasteiger partial charge in [0, 0.05) is 63.0 Å². The van der Waals surface area contributed by atoms with Gasteiger partial charge in [-0.3, -0.25) is 24.4 Å². The Morgan fingerprint density at radius 3 is 1.53 bits per heavy atom. The lowest BCUT2D eigenvalue weighted by Gasteiger charge is -2.08. The van der Waals surface area contributed by atoms with E-state index < -0.39 is 11.9 Å². The summed E-state index contributed by atoms with van der Waals surface area (Å²) >= 11 is 0. The van der Waals surface area contributed by atoms with E-state index in [0.717, 1.165) is 12.8 Å². The molecule has 0 radical (unpaired) electrons. The minimum atomic E-state index is -0.918. The summed E-state index contributed by atoms with van der Waals surface area (Å²) < 4.78 is 15.7. The molecule has 0 bridgehead atoms. The number of esters is 1. The van der Waals surface area contributed by atoms with E-state index in [0.29, 0.717) is 92.1 Å². The molecule has 10 N–H and O–H groups in total. The van der Waals surface area contributed by atoms with Gasteiger partial charge in [-0.1, -0.05) is 49.7 Å². The van der Waals surface area contributed by atoms with E-state index in [1.165, 1.54) is 12.3 Å². The number of benzene rings is 6. The number of amides is 3. The summed E-state index contributed by atoms with van der Waals surface area (Å²) in [6.45, 7) is 4.60. The zero-order valence-corrected chi connectivity index (χ0v) is 40.2. The SMILES string of the molecule is CCCCOc1cccc(C(=O)Nc2ccc(N)cc2)c1.CCOC(=O)COc1cccc(C(=O)Nc2ccc(N)cc2)c1.Nc1ccc(NC(=O)c2ccccn2)cc1.O=C(O)c1ccnc2ccccc12. The Bertz CT molecular complexity index is 3040. The van der Waals surface area contributed by atoms with Crippen LogP contribution in [0.25, 0.3) is 10.9 Å². The van der Waals surface area contributed by atoms with Gasteiger partial charge in [-0.2, -0.15) is 0 Å². The van der Waals surface area contributed by atoms with E-state index in [9.17, 15) is 24.0 Å². The number of rotatable bonds is 15. The van der Waals surface area contributed by atoms with Crippen molar-refractivity contribution in [1.82, 2.24) is 9.97 Å². The van der Waals surface area contributed by atoms with Gasteiger partial charge >= 0.3 is 11.9 Å². The van der Waals surface area contributed by atoms with Crippen molar-refractivity contribution in [3.63, 3.8) is 0 Å². The van der Waals surface area contributed by atoms with Crippen LogP contribution in [0.4, 0.5) is 34.1 Å². The molecule has 17 heteroatoms. The third-order valence-corrected chi connectivity index (χ3v) is 9.90. The number of para-hydroxylation sites is 1. The number of aromatic carboxylic acids is 1. The highest BCUT2D eigenvalue weighted by Crippen LogP contribution is 2.19. The first-order valence-electron chi connectivity index (χ1n) is 22.9. The summed E-state index contributed by atoms with van der Waals surface area (Å²) in [5.41, 5.74) is 23.2. The minimum Gasteiger partial charge on any atom is -0.494 e. The van der Waals surface area contributed by atoms with Crippen LogP contribution in [0, 0.1) is 0 Å². The highest BCUT2D eigenvalue weighted by molar-refractivity contribution is 6.06. The standard InChI is InChI=1S/C17H18N2O4.C17H20N2O2.C12H11N3O.C10H7NO2/c1-2-22-16(20)11-23-15-5-3-4-12(10-15)17(21)19-14-8-6-13(18)7-9-14;1-2-3-11-21-16-6-4-5-13(12-16)17(20)19-15-9-7-14(18)8-10-15;13-9-4-6-10(7-5-9)15-12(16)11-3-1-2-8-14-11;12-10(13)8-5-6-11-9-4-2-1-3-7(8)9/h3-10H,2,11,18H2,1H3,(H,19,21);4-10,12H,2-3,11,18H2,1H3,(H,19,20);1-8H,13H2,(H,15,16);1-6H,(H,12,13). The predicted octanol–water partition coefficient (Wildman–Crippen LogP) is 10.0. The molecule has 6 aromatic carbocycles. The summed E-state index contributed by atoms with van der Waals surface area (Å²) in [5, 5.41) is 17.8. The lowest BCUT2D eigenvalue weighted by Crippen LogP contribution is -2.15. The second-order valence-electron chi connectivity index (χ2n) is 15.5. The molecular formula is C56H56N8O9. The first-order valence-corrected chi connectivity index (χ1v) is 22.9. The van der Waals surface area contributed by atoms with Gasteiger partial charge < -0.3 is 52.5 Å². The Balaban J connectivity index is 0.000000184. The first-order chi connectivity index (χ1) is 35.3. The third kappa shape index (κ3) is 18.6. The maximum absolute atomic E-state index is 12.2. The van der Waals surface area contributed by atoms with E-state index >= 15 is 0 Å². The number of ether oxygens (including phenoxy) is 3. The number of unbranched alkanes of at least 4 members (excludes halogenated alkanes) is 1. The molecule has 2 aromatic heterocycles. The molecule has 0 aliphatic rings. The summed E-state index contributed by atoms with van der Waals surface area (Å²) in [6.07, 6.45) is 5.17. The second kappa shape index (κ2) is 28.7. The lowest BCUT2D eigenvalue weighted by atomic mass is 10.1. The monoisotopic (exact) mass is 984 g/mol. The van der Waals surface area contributed by atoms with Gasteiger partial charge in [0.05, 0.1) is 24.3 Å². The zero-order chi connectivity index (χ0) is 52.4. The van der Waals surface area contributed by atoms with Crippen molar-refractivity contribution in [2.24, 2.45) is 0 Å². The van der Waals surface area contributed by atoms with Crippen molar-refractivity contribution in [3.05, 3.63) is 205 Å². The Kier molecular flexibility index (Phi) is 21.3. The van der Waals surface area contributed by atoms with Crippen LogP contribution in [0.2, 0.25) is 0 Å². The normalized spacial score (nSPS) is 10.0. The van der Waals surface area contributed by atoms with Gasteiger partial charge in [-0.25, -0.2) is 9.59 Å². The van der Waals surface area contributed by atoms with Crippen molar-refractivity contribution < 1.29 is 43.3 Å². The third-order valence-electron chi connectivity index (χ3n) is 9.90. The number of pyridine rings is 2. The molecule has 374 valence electrons. The van der Waals surface area contributed by atoms with Crippen molar-refractivity contribution in [2.45, 2.75) is 26.7 Å². The molecule has 0 atom stereocenters. The van der Waals surface area contributed by atoms with Crippen LogP contribution in [0.1, 0.15) is 68.3 Å². The van der Waals surface area contributed by atoms with Crippen molar-refractivity contribution in [2.75, 3.05) is 53.0 Å². The highest BCUT2D eigenvalue weighted by Gasteiger charge is 2.11. The van der Waals surface area contributed by atoms with Gasteiger partial charge in [-0.15, -0.1) is 0 Å². The number of anilines is 6. The summed E-state index contributed by atoms with van der Waals surface area (Å²) in [5.74, 6) is -0.915. The first kappa shape index (κ1) is 54.2. The highest BCUT2D eigenvalue weighted by atomic mass is 16.6. The maximum atomic E-state index is 12.2. The van der Waals surface area contributed by atoms with Gasteiger partial charge in [0.1, 0.15) is 17.2 Å². The van der Waals surface area contributed by atoms with Gasteiger partial charge in [0.2, 0.25) is 0 Å². The smallest absolute Gasteiger partial charge is 0.344 e.